The van der Waals surface area contributed by atoms with E-state index in [0.29, 0.717) is 6.42 Å². The van der Waals surface area contributed by atoms with Crippen molar-refractivity contribution < 1.29 is 4.79 Å². The zero-order valence-electron chi connectivity index (χ0n) is 13.1. The first-order valence-electron chi connectivity index (χ1n) is 8.19. The van der Waals surface area contributed by atoms with Crippen molar-refractivity contribution >= 4 is 5.91 Å². The van der Waals surface area contributed by atoms with Crippen molar-refractivity contribution in [3.63, 3.8) is 0 Å². The highest BCUT2D eigenvalue weighted by molar-refractivity contribution is 5.75. The standard InChI is InChI=1S/C20H25NO/c22-20(16-9-15-19-12-5-2-6-13-19)21-17-8-7-14-18-10-3-1-4-11-18/h1-6,10-13H,7-9,14-17H2,(H,21,22). The molecule has 0 heterocycles. The van der Waals surface area contributed by atoms with Crippen LogP contribution in [0.3, 0.4) is 0 Å². The van der Waals surface area contributed by atoms with Crippen LogP contribution in [0.15, 0.2) is 60.7 Å². The van der Waals surface area contributed by atoms with E-state index in [9.17, 15) is 4.79 Å². The van der Waals surface area contributed by atoms with Gasteiger partial charge in [-0.25, -0.2) is 0 Å². The molecule has 0 atom stereocenters. The molecule has 1 amide bonds. The van der Waals surface area contributed by atoms with E-state index in [1.165, 1.54) is 11.1 Å². The van der Waals surface area contributed by atoms with Gasteiger partial charge >= 0.3 is 0 Å². The van der Waals surface area contributed by atoms with Gasteiger partial charge in [-0.3, -0.25) is 4.79 Å². The number of unbranched alkanes of at least 4 members (excludes halogenated alkanes) is 1. The molecule has 2 rings (SSSR count). The summed E-state index contributed by atoms with van der Waals surface area (Å²) in [5.74, 6) is 0.177. The second-order valence-electron chi connectivity index (χ2n) is 5.63. The van der Waals surface area contributed by atoms with Crippen LogP contribution in [0.2, 0.25) is 0 Å². The summed E-state index contributed by atoms with van der Waals surface area (Å²) in [4.78, 5) is 11.8. The molecule has 0 saturated heterocycles. The predicted molar refractivity (Wildman–Crippen MR) is 91.8 cm³/mol. The van der Waals surface area contributed by atoms with E-state index in [2.05, 4.69) is 41.7 Å². The largest absolute Gasteiger partial charge is 0.356 e. The summed E-state index contributed by atoms with van der Waals surface area (Å²) in [6, 6.07) is 20.8. The number of carbonyl (C=O) groups excluding carboxylic acids is 1. The van der Waals surface area contributed by atoms with Gasteiger partial charge < -0.3 is 5.32 Å². The highest BCUT2D eigenvalue weighted by Crippen LogP contribution is 2.05. The van der Waals surface area contributed by atoms with E-state index in [0.717, 1.165) is 38.6 Å². The highest BCUT2D eigenvalue weighted by Gasteiger charge is 2.01. The molecule has 116 valence electrons. The minimum Gasteiger partial charge on any atom is -0.356 e. The molecule has 0 radical (unpaired) electrons. The number of carbonyl (C=O) groups is 1. The molecule has 0 aliphatic rings. The molecule has 0 spiro atoms. The van der Waals surface area contributed by atoms with Crippen molar-refractivity contribution in [1.29, 1.82) is 0 Å². The van der Waals surface area contributed by atoms with E-state index in [-0.39, 0.29) is 5.91 Å². The van der Waals surface area contributed by atoms with Crippen LogP contribution in [0.5, 0.6) is 0 Å². The van der Waals surface area contributed by atoms with E-state index >= 15 is 0 Å². The molecule has 0 aromatic heterocycles. The van der Waals surface area contributed by atoms with Crippen molar-refractivity contribution in [3.05, 3.63) is 71.8 Å². The van der Waals surface area contributed by atoms with E-state index in [1.807, 2.05) is 24.3 Å². The van der Waals surface area contributed by atoms with Crippen molar-refractivity contribution in [3.8, 4) is 0 Å². The third-order valence-electron chi connectivity index (χ3n) is 3.77. The van der Waals surface area contributed by atoms with Crippen LogP contribution in [0, 0.1) is 0 Å². The molecule has 2 aromatic rings. The Hall–Kier alpha value is -2.09. The summed E-state index contributed by atoms with van der Waals surface area (Å²) in [6.07, 6.45) is 5.76. The summed E-state index contributed by atoms with van der Waals surface area (Å²) >= 11 is 0. The monoisotopic (exact) mass is 295 g/mol. The van der Waals surface area contributed by atoms with Crippen LogP contribution >= 0.6 is 0 Å². The molecule has 0 saturated carbocycles. The zero-order valence-corrected chi connectivity index (χ0v) is 13.1. The topological polar surface area (TPSA) is 29.1 Å². The second kappa shape index (κ2) is 9.78. The van der Waals surface area contributed by atoms with Gasteiger partial charge in [0.1, 0.15) is 0 Å². The number of hydrogen-bond acceptors (Lipinski definition) is 1. The van der Waals surface area contributed by atoms with E-state index in [4.69, 9.17) is 0 Å². The molecule has 0 aliphatic heterocycles. The number of amides is 1. The van der Waals surface area contributed by atoms with Gasteiger partial charge in [0.05, 0.1) is 0 Å². The number of hydrogen-bond donors (Lipinski definition) is 1. The Morgan fingerprint density at radius 2 is 1.27 bits per heavy atom. The van der Waals surface area contributed by atoms with Crippen LogP contribution in [0.4, 0.5) is 0 Å². The van der Waals surface area contributed by atoms with Gasteiger partial charge in [0.15, 0.2) is 0 Å². The molecule has 0 bridgehead atoms. The first-order chi connectivity index (χ1) is 10.8. The maximum absolute atomic E-state index is 11.8. The number of benzene rings is 2. The molecule has 2 aromatic carbocycles. The summed E-state index contributed by atoms with van der Waals surface area (Å²) in [7, 11) is 0. The number of rotatable bonds is 9. The molecule has 1 N–H and O–H groups in total. The third kappa shape index (κ3) is 6.57. The Bertz CT molecular complexity index is 536. The molecule has 2 nitrogen and oxygen atoms in total. The Morgan fingerprint density at radius 1 is 0.727 bits per heavy atom. The maximum atomic E-state index is 11.8. The average molecular weight is 295 g/mol. The predicted octanol–water partition coefficient (Wildman–Crippen LogP) is 4.15. The lowest BCUT2D eigenvalue weighted by atomic mass is 10.1. The molecule has 2 heteroatoms. The summed E-state index contributed by atoms with van der Waals surface area (Å²) in [5.41, 5.74) is 2.68. The van der Waals surface area contributed by atoms with Crippen LogP contribution in [-0.4, -0.2) is 12.5 Å². The first-order valence-corrected chi connectivity index (χ1v) is 8.19. The Kier molecular flexibility index (Phi) is 7.24. The minimum absolute atomic E-state index is 0.177. The van der Waals surface area contributed by atoms with Gasteiger partial charge in [0.2, 0.25) is 5.91 Å². The van der Waals surface area contributed by atoms with Gasteiger partial charge in [-0.1, -0.05) is 60.7 Å². The molecule has 0 fully saturated rings. The van der Waals surface area contributed by atoms with E-state index in [1.54, 1.807) is 0 Å². The second-order valence-corrected chi connectivity index (χ2v) is 5.63. The maximum Gasteiger partial charge on any atom is 0.220 e. The number of nitrogens with one attached hydrogen (secondary N) is 1. The molecule has 0 aliphatic carbocycles. The SMILES string of the molecule is O=C(CCCc1ccccc1)NCCCCc1ccccc1. The summed E-state index contributed by atoms with van der Waals surface area (Å²) < 4.78 is 0. The molecular weight excluding hydrogens is 270 g/mol. The van der Waals surface area contributed by atoms with Gasteiger partial charge in [-0.05, 0) is 43.2 Å². The molecule has 22 heavy (non-hydrogen) atoms. The van der Waals surface area contributed by atoms with Crippen molar-refractivity contribution in [2.75, 3.05) is 6.54 Å². The van der Waals surface area contributed by atoms with Crippen LogP contribution < -0.4 is 5.32 Å². The molecule has 0 unspecified atom stereocenters. The van der Waals surface area contributed by atoms with Gasteiger partial charge in [0.25, 0.3) is 0 Å². The normalized spacial score (nSPS) is 10.4. The Labute approximate surface area is 133 Å². The number of aryl methyl sites for hydroxylation is 2. The lowest BCUT2D eigenvalue weighted by Crippen LogP contribution is -2.24. The molecular formula is C20H25NO. The van der Waals surface area contributed by atoms with Crippen molar-refractivity contribution in [2.45, 2.75) is 38.5 Å². The van der Waals surface area contributed by atoms with Crippen molar-refractivity contribution in [1.82, 2.24) is 5.32 Å². The third-order valence-corrected chi connectivity index (χ3v) is 3.77. The average Bonchev–Trinajstić information content (AvgIpc) is 2.56. The summed E-state index contributed by atoms with van der Waals surface area (Å²) in [6.45, 7) is 0.789. The first kappa shape index (κ1) is 16.3. The van der Waals surface area contributed by atoms with Crippen LogP contribution in [0.1, 0.15) is 36.8 Å². The van der Waals surface area contributed by atoms with Gasteiger partial charge in [0, 0.05) is 13.0 Å². The minimum atomic E-state index is 0.177. The smallest absolute Gasteiger partial charge is 0.220 e. The lowest BCUT2D eigenvalue weighted by molar-refractivity contribution is -0.121. The van der Waals surface area contributed by atoms with Crippen molar-refractivity contribution in [2.24, 2.45) is 0 Å². The lowest BCUT2D eigenvalue weighted by Gasteiger charge is -2.06. The van der Waals surface area contributed by atoms with Crippen LogP contribution in [0.25, 0.3) is 0 Å². The van der Waals surface area contributed by atoms with Crippen LogP contribution in [-0.2, 0) is 17.6 Å². The fourth-order valence-electron chi connectivity index (χ4n) is 2.51. The summed E-state index contributed by atoms with van der Waals surface area (Å²) in [5, 5.41) is 3.02. The zero-order chi connectivity index (χ0) is 15.5. The quantitative estimate of drug-likeness (QED) is 0.692. The Balaban J connectivity index is 1.49. The fourth-order valence-corrected chi connectivity index (χ4v) is 2.51. The van der Waals surface area contributed by atoms with E-state index < -0.39 is 0 Å². The van der Waals surface area contributed by atoms with Gasteiger partial charge in [-0.15, -0.1) is 0 Å². The van der Waals surface area contributed by atoms with Gasteiger partial charge in [-0.2, -0.15) is 0 Å². The Morgan fingerprint density at radius 3 is 1.86 bits per heavy atom. The fraction of sp³-hybridized carbons (Fsp3) is 0.350. The highest BCUT2D eigenvalue weighted by atomic mass is 16.1.